The lowest BCUT2D eigenvalue weighted by molar-refractivity contribution is -0.154. The van der Waals surface area contributed by atoms with E-state index in [1.807, 2.05) is 12.1 Å². The van der Waals surface area contributed by atoms with Gasteiger partial charge in [0.1, 0.15) is 5.56 Å². The van der Waals surface area contributed by atoms with E-state index < -0.39 is 18.7 Å². The van der Waals surface area contributed by atoms with Gasteiger partial charge in [0, 0.05) is 11.9 Å². The maximum absolute atomic E-state index is 12.6. The van der Waals surface area contributed by atoms with Crippen LogP contribution >= 0.6 is 0 Å². The second-order valence-electron chi connectivity index (χ2n) is 6.14. The van der Waals surface area contributed by atoms with E-state index in [-0.39, 0.29) is 17.5 Å². The van der Waals surface area contributed by atoms with Crippen LogP contribution in [0.1, 0.15) is 40.4 Å². The molecular formula is C18H18F3N3O2. The normalized spacial score (nSPS) is 16.7. The molecule has 0 radical (unpaired) electrons. The van der Waals surface area contributed by atoms with Gasteiger partial charge in [0.2, 0.25) is 5.88 Å². The summed E-state index contributed by atoms with van der Waals surface area (Å²) in [6, 6.07) is 8.16. The first kappa shape index (κ1) is 18.0. The number of pyridine rings is 1. The Bertz CT molecular complexity index is 809. The summed E-state index contributed by atoms with van der Waals surface area (Å²) in [5, 5.41) is 2.87. The van der Waals surface area contributed by atoms with Crippen LogP contribution in [0.25, 0.3) is 0 Å². The zero-order valence-corrected chi connectivity index (χ0v) is 13.8. The van der Waals surface area contributed by atoms with Gasteiger partial charge in [-0.15, -0.1) is 0 Å². The molecule has 3 N–H and O–H groups in total. The number of hydrogen-bond acceptors (Lipinski definition) is 4. The minimum atomic E-state index is -4.51. The van der Waals surface area contributed by atoms with E-state index in [0.717, 1.165) is 30.4 Å². The number of hydrogen-bond donors (Lipinski definition) is 2. The van der Waals surface area contributed by atoms with Crippen LogP contribution in [-0.2, 0) is 6.42 Å². The molecule has 1 atom stereocenters. The number of nitrogens with one attached hydrogen (secondary N) is 1. The highest BCUT2D eigenvalue weighted by atomic mass is 19.4. The van der Waals surface area contributed by atoms with E-state index in [4.69, 9.17) is 5.73 Å². The first-order chi connectivity index (χ1) is 12.3. The van der Waals surface area contributed by atoms with Crippen molar-refractivity contribution in [2.45, 2.75) is 31.5 Å². The van der Waals surface area contributed by atoms with Crippen molar-refractivity contribution in [1.82, 2.24) is 10.3 Å². The summed E-state index contributed by atoms with van der Waals surface area (Å²) in [6.45, 7) is -1.50. The van der Waals surface area contributed by atoms with Gasteiger partial charge in [-0.25, -0.2) is 4.98 Å². The molecule has 1 heterocycles. The number of carbonyl (C=O) groups is 1. The predicted octanol–water partition coefficient (Wildman–Crippen LogP) is 3.41. The Morgan fingerprint density at radius 1 is 1.35 bits per heavy atom. The van der Waals surface area contributed by atoms with Crippen molar-refractivity contribution < 1.29 is 22.7 Å². The molecular weight excluding hydrogens is 347 g/mol. The van der Waals surface area contributed by atoms with Gasteiger partial charge in [0.05, 0.1) is 6.04 Å². The molecule has 8 heteroatoms. The molecule has 1 unspecified atom stereocenters. The molecule has 0 saturated carbocycles. The molecule has 5 nitrogen and oxygen atoms in total. The summed E-state index contributed by atoms with van der Waals surface area (Å²) in [6.07, 6.45) is -0.734. The van der Waals surface area contributed by atoms with Crippen molar-refractivity contribution in [3.63, 3.8) is 0 Å². The Labute approximate surface area is 148 Å². The molecule has 0 spiro atoms. The van der Waals surface area contributed by atoms with Gasteiger partial charge in [-0.2, -0.15) is 13.2 Å². The van der Waals surface area contributed by atoms with Gasteiger partial charge in [0.15, 0.2) is 6.61 Å². The quantitative estimate of drug-likeness (QED) is 0.814. The molecule has 0 fully saturated rings. The lowest BCUT2D eigenvalue weighted by Gasteiger charge is -2.27. The average molecular weight is 365 g/mol. The zero-order valence-electron chi connectivity index (χ0n) is 13.8. The average Bonchev–Trinajstić information content (AvgIpc) is 2.59. The van der Waals surface area contributed by atoms with E-state index >= 15 is 0 Å². The summed E-state index contributed by atoms with van der Waals surface area (Å²) in [7, 11) is 0. The predicted molar refractivity (Wildman–Crippen MR) is 89.8 cm³/mol. The number of amides is 1. The van der Waals surface area contributed by atoms with Gasteiger partial charge in [-0.05, 0) is 54.7 Å². The van der Waals surface area contributed by atoms with Gasteiger partial charge in [0.25, 0.3) is 5.91 Å². The summed E-state index contributed by atoms with van der Waals surface area (Å²) in [4.78, 5) is 16.4. The van der Waals surface area contributed by atoms with Crippen molar-refractivity contribution in [1.29, 1.82) is 0 Å². The van der Waals surface area contributed by atoms with Gasteiger partial charge in [-0.3, -0.25) is 4.79 Å². The Morgan fingerprint density at radius 2 is 2.15 bits per heavy atom. The molecule has 1 aromatic carbocycles. The number of fused-ring (bicyclic) bond motifs is 1. The van der Waals surface area contributed by atoms with E-state index in [1.54, 1.807) is 6.07 Å². The number of nitrogens with zero attached hydrogens (tertiary/aromatic N) is 1. The van der Waals surface area contributed by atoms with E-state index in [1.165, 1.54) is 18.3 Å². The highest BCUT2D eigenvalue weighted by molar-refractivity contribution is 5.96. The molecule has 1 amide bonds. The Hall–Kier alpha value is -2.77. The molecule has 0 aliphatic heterocycles. The second-order valence-corrected chi connectivity index (χ2v) is 6.14. The number of anilines is 1. The highest BCUT2D eigenvalue weighted by Crippen LogP contribution is 2.31. The highest BCUT2D eigenvalue weighted by Gasteiger charge is 2.30. The number of halogens is 3. The fraction of sp³-hybridized carbons (Fsp3) is 0.333. The van der Waals surface area contributed by atoms with Gasteiger partial charge >= 0.3 is 6.18 Å². The largest absolute Gasteiger partial charge is 0.467 e. The van der Waals surface area contributed by atoms with Gasteiger partial charge < -0.3 is 15.8 Å². The molecule has 1 aliphatic carbocycles. The zero-order chi connectivity index (χ0) is 18.7. The van der Waals surface area contributed by atoms with Crippen LogP contribution in [0.4, 0.5) is 18.9 Å². The SMILES string of the molecule is Nc1ccc2c(c1)CCCC2NC(=O)c1cccnc1OCC(F)(F)F. The maximum atomic E-state index is 12.6. The first-order valence-corrected chi connectivity index (χ1v) is 8.17. The van der Waals surface area contributed by atoms with Crippen molar-refractivity contribution in [3.8, 4) is 5.88 Å². The summed E-state index contributed by atoms with van der Waals surface area (Å²) in [5.41, 5.74) is 8.48. The number of aromatic nitrogens is 1. The molecule has 0 saturated heterocycles. The molecule has 3 rings (SSSR count). The third-order valence-corrected chi connectivity index (χ3v) is 4.18. The van der Waals surface area contributed by atoms with Crippen molar-refractivity contribution in [3.05, 3.63) is 53.2 Å². The van der Waals surface area contributed by atoms with Crippen molar-refractivity contribution >= 4 is 11.6 Å². The Kier molecular flexibility index (Phi) is 5.01. The van der Waals surface area contributed by atoms with Crippen LogP contribution in [0.3, 0.4) is 0 Å². The molecule has 1 aliphatic rings. The monoisotopic (exact) mass is 365 g/mol. The molecule has 2 aromatic rings. The second kappa shape index (κ2) is 7.23. The van der Waals surface area contributed by atoms with Crippen LogP contribution in [-0.4, -0.2) is 23.7 Å². The lowest BCUT2D eigenvalue weighted by atomic mass is 9.87. The molecule has 1 aromatic heterocycles. The fourth-order valence-corrected chi connectivity index (χ4v) is 3.05. The minimum absolute atomic E-state index is 0.0284. The standard InChI is InChI=1S/C18H18F3N3O2/c19-18(20,21)10-26-17-14(4-2-8-23-17)16(25)24-15-5-1-3-11-9-12(22)6-7-13(11)15/h2,4,6-9,15H,1,3,5,10,22H2,(H,24,25). The van der Waals surface area contributed by atoms with Crippen LogP contribution in [0.2, 0.25) is 0 Å². The molecule has 0 bridgehead atoms. The smallest absolute Gasteiger partial charge is 0.422 e. The number of nitrogens with two attached hydrogens (primary N) is 1. The van der Waals surface area contributed by atoms with E-state index in [9.17, 15) is 18.0 Å². The number of rotatable bonds is 4. The number of ether oxygens (including phenoxy) is 1. The van der Waals surface area contributed by atoms with Gasteiger partial charge in [-0.1, -0.05) is 6.07 Å². The van der Waals surface area contributed by atoms with Crippen LogP contribution in [0.5, 0.6) is 5.88 Å². The van der Waals surface area contributed by atoms with Crippen LogP contribution in [0, 0.1) is 0 Å². The third kappa shape index (κ3) is 4.25. The number of benzene rings is 1. The number of carbonyl (C=O) groups excluding carboxylic acids is 1. The maximum Gasteiger partial charge on any atom is 0.422 e. The molecule has 138 valence electrons. The van der Waals surface area contributed by atoms with Crippen LogP contribution in [0.15, 0.2) is 36.5 Å². The van der Waals surface area contributed by atoms with E-state index in [0.29, 0.717) is 5.69 Å². The van der Waals surface area contributed by atoms with Crippen molar-refractivity contribution in [2.24, 2.45) is 0 Å². The number of nitrogen functional groups attached to an aromatic ring is 1. The summed E-state index contributed by atoms with van der Waals surface area (Å²) in [5.74, 6) is -0.861. The Morgan fingerprint density at radius 3 is 2.92 bits per heavy atom. The first-order valence-electron chi connectivity index (χ1n) is 8.17. The van der Waals surface area contributed by atoms with Crippen LogP contribution < -0.4 is 15.8 Å². The van der Waals surface area contributed by atoms with Crippen molar-refractivity contribution in [2.75, 3.05) is 12.3 Å². The Balaban J connectivity index is 1.78. The summed E-state index contributed by atoms with van der Waals surface area (Å²) >= 11 is 0. The van der Waals surface area contributed by atoms with E-state index in [2.05, 4.69) is 15.0 Å². The molecule has 26 heavy (non-hydrogen) atoms. The fourth-order valence-electron chi connectivity index (χ4n) is 3.05. The lowest BCUT2D eigenvalue weighted by Crippen LogP contribution is -2.31. The topological polar surface area (TPSA) is 77.2 Å². The number of alkyl halides is 3. The number of aryl methyl sites for hydroxylation is 1. The summed E-state index contributed by atoms with van der Waals surface area (Å²) < 4.78 is 41.8. The third-order valence-electron chi connectivity index (χ3n) is 4.18. The minimum Gasteiger partial charge on any atom is -0.467 e.